The number of allylic oxidation sites excluding steroid dienone is 1. The van der Waals surface area contributed by atoms with Crippen molar-refractivity contribution in [2.24, 2.45) is 0 Å². The lowest BCUT2D eigenvalue weighted by Crippen LogP contribution is -2.43. The van der Waals surface area contributed by atoms with E-state index < -0.39 is 41.1 Å². The summed E-state index contributed by atoms with van der Waals surface area (Å²) in [5, 5.41) is 2.61. The standard InChI is InChI=1S/C18H20F3NO3/c1-18(2,3)25-17(24)22-16-6-10(9-23)4-5-11(16)12-7-14(20)15(21)8-13(12)19/h4,7-9,11,16H,5-6H2,1-3H3,(H,22,24)/t11-,16+/m1/s1. The van der Waals surface area contributed by atoms with Crippen LogP contribution in [0.5, 0.6) is 0 Å². The molecular weight excluding hydrogens is 335 g/mol. The summed E-state index contributed by atoms with van der Waals surface area (Å²) in [6.45, 7) is 5.07. The van der Waals surface area contributed by atoms with E-state index in [9.17, 15) is 22.8 Å². The second kappa shape index (κ2) is 7.29. The first kappa shape index (κ1) is 19.0. The molecule has 2 rings (SSSR count). The molecule has 1 aliphatic rings. The molecule has 0 bridgehead atoms. The molecule has 0 radical (unpaired) electrons. The van der Waals surface area contributed by atoms with Gasteiger partial charge in [-0.15, -0.1) is 0 Å². The quantitative estimate of drug-likeness (QED) is 0.659. The average Bonchev–Trinajstić information content (AvgIpc) is 2.49. The van der Waals surface area contributed by atoms with E-state index in [0.717, 1.165) is 6.07 Å². The second-order valence-electron chi connectivity index (χ2n) is 6.98. The zero-order valence-corrected chi connectivity index (χ0v) is 14.2. The van der Waals surface area contributed by atoms with Crippen molar-refractivity contribution in [3.05, 3.63) is 46.8 Å². The predicted molar refractivity (Wildman–Crippen MR) is 85.6 cm³/mol. The third kappa shape index (κ3) is 4.84. The van der Waals surface area contributed by atoms with E-state index in [-0.39, 0.29) is 18.4 Å². The van der Waals surface area contributed by atoms with Gasteiger partial charge in [0, 0.05) is 18.0 Å². The Balaban J connectivity index is 2.30. The van der Waals surface area contributed by atoms with Gasteiger partial charge in [0.05, 0.1) is 0 Å². The zero-order valence-electron chi connectivity index (χ0n) is 14.2. The molecule has 0 fully saturated rings. The Hall–Kier alpha value is -2.31. The lowest BCUT2D eigenvalue weighted by atomic mass is 9.80. The number of aldehydes is 1. The SMILES string of the molecule is CC(C)(C)OC(=O)N[C@H]1CC(C=O)=CC[C@@H]1c1cc(F)c(F)cc1F. The van der Waals surface area contributed by atoms with Crippen LogP contribution in [0.2, 0.25) is 0 Å². The van der Waals surface area contributed by atoms with Crippen LogP contribution in [0.1, 0.15) is 45.1 Å². The fraction of sp³-hybridized carbons (Fsp3) is 0.444. The minimum atomic E-state index is -1.28. The number of hydrogen-bond donors (Lipinski definition) is 1. The van der Waals surface area contributed by atoms with Crippen LogP contribution in [0, 0.1) is 17.5 Å². The fourth-order valence-electron chi connectivity index (χ4n) is 2.79. The summed E-state index contributed by atoms with van der Waals surface area (Å²) in [6, 6.07) is 0.590. The average molecular weight is 355 g/mol. The van der Waals surface area contributed by atoms with Crippen molar-refractivity contribution in [1.29, 1.82) is 0 Å². The molecule has 0 unspecified atom stereocenters. The number of carbonyl (C=O) groups excluding carboxylic acids is 2. The van der Waals surface area contributed by atoms with Crippen molar-refractivity contribution in [2.45, 2.75) is 51.2 Å². The Kier molecular flexibility index (Phi) is 5.55. The number of carbonyl (C=O) groups is 2. The summed E-state index contributed by atoms with van der Waals surface area (Å²) in [4.78, 5) is 23.1. The molecule has 2 atom stereocenters. The molecule has 0 aliphatic heterocycles. The van der Waals surface area contributed by atoms with Crippen LogP contribution in [-0.2, 0) is 9.53 Å². The van der Waals surface area contributed by atoms with E-state index in [4.69, 9.17) is 4.74 Å². The maximum atomic E-state index is 14.1. The molecule has 1 amide bonds. The number of amides is 1. The number of nitrogens with one attached hydrogen (secondary N) is 1. The van der Waals surface area contributed by atoms with E-state index in [1.807, 2.05) is 0 Å². The monoisotopic (exact) mass is 355 g/mol. The topological polar surface area (TPSA) is 55.4 Å². The summed E-state index contributed by atoms with van der Waals surface area (Å²) < 4.78 is 46.0. The van der Waals surface area contributed by atoms with Gasteiger partial charge in [-0.3, -0.25) is 4.79 Å². The first-order valence-electron chi connectivity index (χ1n) is 7.89. The van der Waals surface area contributed by atoms with Crippen molar-refractivity contribution >= 4 is 12.4 Å². The number of alkyl carbamates (subject to hydrolysis) is 1. The van der Waals surface area contributed by atoms with Gasteiger partial charge in [0.1, 0.15) is 17.7 Å². The van der Waals surface area contributed by atoms with E-state index in [2.05, 4.69) is 5.32 Å². The largest absolute Gasteiger partial charge is 0.444 e. The molecule has 1 aliphatic carbocycles. The predicted octanol–water partition coefficient (Wildman–Crippen LogP) is 4.00. The zero-order chi connectivity index (χ0) is 18.8. The fourth-order valence-corrected chi connectivity index (χ4v) is 2.79. The molecule has 0 saturated carbocycles. The van der Waals surface area contributed by atoms with Crippen molar-refractivity contribution in [2.75, 3.05) is 0 Å². The highest BCUT2D eigenvalue weighted by atomic mass is 19.2. The van der Waals surface area contributed by atoms with Gasteiger partial charge < -0.3 is 10.1 Å². The summed E-state index contributed by atoms with van der Waals surface area (Å²) in [5.41, 5.74) is -0.341. The first-order chi connectivity index (χ1) is 11.6. The van der Waals surface area contributed by atoms with Gasteiger partial charge in [0.25, 0.3) is 0 Å². The lowest BCUT2D eigenvalue weighted by Gasteiger charge is -2.32. The van der Waals surface area contributed by atoms with Crippen LogP contribution in [0.25, 0.3) is 0 Å². The number of rotatable bonds is 3. The molecule has 25 heavy (non-hydrogen) atoms. The minimum absolute atomic E-state index is 0.0545. The van der Waals surface area contributed by atoms with E-state index in [1.165, 1.54) is 0 Å². The smallest absolute Gasteiger partial charge is 0.407 e. The maximum absolute atomic E-state index is 14.1. The van der Waals surface area contributed by atoms with Gasteiger partial charge in [-0.05, 0) is 50.8 Å². The van der Waals surface area contributed by atoms with Gasteiger partial charge in [-0.2, -0.15) is 0 Å². The maximum Gasteiger partial charge on any atom is 0.407 e. The summed E-state index contributed by atoms with van der Waals surface area (Å²) in [5.74, 6) is -4.00. The van der Waals surface area contributed by atoms with E-state index >= 15 is 0 Å². The van der Waals surface area contributed by atoms with Gasteiger partial charge >= 0.3 is 6.09 Å². The molecule has 0 saturated heterocycles. The Bertz CT molecular complexity index is 710. The van der Waals surface area contributed by atoms with Gasteiger partial charge in [0.2, 0.25) is 0 Å². The summed E-state index contributed by atoms with van der Waals surface area (Å²) in [7, 11) is 0. The molecule has 1 aromatic rings. The Labute approximate surface area is 144 Å². The van der Waals surface area contributed by atoms with Crippen LogP contribution < -0.4 is 5.32 Å². The Morgan fingerprint density at radius 1 is 1.20 bits per heavy atom. The van der Waals surface area contributed by atoms with Gasteiger partial charge in [-0.25, -0.2) is 18.0 Å². The molecule has 0 aromatic heterocycles. The van der Waals surface area contributed by atoms with Crippen LogP contribution in [0.15, 0.2) is 23.8 Å². The highest BCUT2D eigenvalue weighted by Crippen LogP contribution is 2.34. The molecule has 7 heteroatoms. The first-order valence-corrected chi connectivity index (χ1v) is 7.89. The number of hydrogen-bond acceptors (Lipinski definition) is 3. The molecule has 4 nitrogen and oxygen atoms in total. The Morgan fingerprint density at radius 3 is 2.44 bits per heavy atom. The molecule has 0 heterocycles. The lowest BCUT2D eigenvalue weighted by molar-refractivity contribution is -0.105. The summed E-state index contributed by atoms with van der Waals surface area (Å²) in [6.07, 6.45) is 1.88. The third-order valence-electron chi connectivity index (χ3n) is 3.87. The molecular formula is C18H20F3NO3. The third-order valence-corrected chi connectivity index (χ3v) is 3.87. The van der Waals surface area contributed by atoms with Gasteiger partial charge in [-0.1, -0.05) is 6.08 Å². The minimum Gasteiger partial charge on any atom is -0.444 e. The van der Waals surface area contributed by atoms with Crippen molar-refractivity contribution in [3.63, 3.8) is 0 Å². The number of benzene rings is 1. The van der Waals surface area contributed by atoms with E-state index in [1.54, 1.807) is 26.8 Å². The second-order valence-corrected chi connectivity index (χ2v) is 6.98. The highest BCUT2D eigenvalue weighted by molar-refractivity contribution is 5.74. The van der Waals surface area contributed by atoms with E-state index in [0.29, 0.717) is 17.9 Å². The molecule has 0 spiro atoms. The summed E-state index contributed by atoms with van der Waals surface area (Å²) >= 11 is 0. The number of ether oxygens (including phenoxy) is 1. The normalized spacial score (nSPS) is 20.6. The van der Waals surface area contributed by atoms with Crippen LogP contribution in [-0.4, -0.2) is 24.0 Å². The van der Waals surface area contributed by atoms with Crippen LogP contribution in [0.4, 0.5) is 18.0 Å². The number of halogens is 3. The molecule has 1 N–H and O–H groups in total. The molecule has 1 aromatic carbocycles. The van der Waals surface area contributed by atoms with Crippen LogP contribution >= 0.6 is 0 Å². The van der Waals surface area contributed by atoms with Crippen LogP contribution in [0.3, 0.4) is 0 Å². The Morgan fingerprint density at radius 2 is 1.84 bits per heavy atom. The molecule has 136 valence electrons. The van der Waals surface area contributed by atoms with Crippen molar-refractivity contribution < 1.29 is 27.5 Å². The van der Waals surface area contributed by atoms with Crippen molar-refractivity contribution in [3.8, 4) is 0 Å². The van der Waals surface area contributed by atoms with Gasteiger partial charge in [0.15, 0.2) is 11.6 Å². The van der Waals surface area contributed by atoms with Crippen molar-refractivity contribution in [1.82, 2.24) is 5.32 Å². The highest BCUT2D eigenvalue weighted by Gasteiger charge is 2.32.